The van der Waals surface area contributed by atoms with Crippen molar-refractivity contribution in [3.8, 4) is 0 Å². The molecule has 126 valence electrons. The van der Waals surface area contributed by atoms with Gasteiger partial charge in [0.2, 0.25) is 5.91 Å². The van der Waals surface area contributed by atoms with E-state index in [4.69, 9.17) is 4.74 Å². The number of hydrogen-bond acceptors (Lipinski definition) is 2. The smallest absolute Gasteiger partial charge is 0.233 e. The molecule has 4 heteroatoms. The Hall–Kier alpha value is -0.870. The Morgan fingerprint density at radius 1 is 1.30 bits per heavy atom. The number of carbonyl (C=O) groups is 1. The molecule has 2 aliphatic rings. The molecule has 1 amide bonds. The van der Waals surface area contributed by atoms with Crippen LogP contribution in [-0.4, -0.2) is 37.1 Å². The topological polar surface area (TPSA) is 29.5 Å². The van der Waals surface area contributed by atoms with E-state index < -0.39 is 0 Å². The van der Waals surface area contributed by atoms with Crippen LogP contribution in [0.3, 0.4) is 0 Å². The lowest BCUT2D eigenvalue weighted by Crippen LogP contribution is -2.47. The first-order valence-corrected chi connectivity index (χ1v) is 9.58. The molecule has 1 atom stereocenters. The molecular weight excluding hydrogens is 354 g/mol. The summed E-state index contributed by atoms with van der Waals surface area (Å²) in [6.07, 6.45) is 5.32. The van der Waals surface area contributed by atoms with E-state index in [-0.39, 0.29) is 5.41 Å². The van der Waals surface area contributed by atoms with Gasteiger partial charge in [-0.1, -0.05) is 40.9 Å². The van der Waals surface area contributed by atoms with Gasteiger partial charge in [0.25, 0.3) is 0 Å². The summed E-state index contributed by atoms with van der Waals surface area (Å²) < 4.78 is 6.55. The molecule has 1 aromatic rings. The highest BCUT2D eigenvalue weighted by Gasteiger charge is 2.44. The number of amides is 1. The van der Waals surface area contributed by atoms with Gasteiger partial charge in [-0.25, -0.2) is 0 Å². The third-order valence-electron chi connectivity index (χ3n) is 5.43. The lowest BCUT2D eigenvalue weighted by atomic mass is 9.77. The van der Waals surface area contributed by atoms with Crippen molar-refractivity contribution < 1.29 is 9.53 Å². The number of ether oxygens (including phenoxy) is 1. The van der Waals surface area contributed by atoms with Crippen molar-refractivity contribution in [2.24, 2.45) is 5.92 Å². The fourth-order valence-electron chi connectivity index (χ4n) is 4.07. The Morgan fingerprint density at radius 2 is 2.00 bits per heavy atom. The molecule has 1 heterocycles. The molecule has 1 saturated heterocycles. The number of nitrogens with zero attached hydrogens (tertiary/aromatic N) is 1. The second kappa shape index (κ2) is 7.35. The van der Waals surface area contributed by atoms with Gasteiger partial charge in [-0.3, -0.25) is 4.79 Å². The van der Waals surface area contributed by atoms with Gasteiger partial charge in [-0.15, -0.1) is 0 Å². The third-order valence-corrected chi connectivity index (χ3v) is 5.96. The van der Waals surface area contributed by atoms with Crippen LogP contribution in [0.25, 0.3) is 0 Å². The molecule has 0 radical (unpaired) electrons. The molecule has 0 N–H and O–H groups in total. The van der Waals surface area contributed by atoms with Crippen LogP contribution in [0.1, 0.15) is 44.6 Å². The molecule has 1 aromatic carbocycles. The van der Waals surface area contributed by atoms with Gasteiger partial charge in [0.05, 0.1) is 12.0 Å². The first-order chi connectivity index (χ1) is 11.2. The normalized spacial score (nSPS) is 23.1. The van der Waals surface area contributed by atoms with Crippen molar-refractivity contribution in [2.75, 3.05) is 26.3 Å². The maximum absolute atomic E-state index is 13.4. The summed E-state index contributed by atoms with van der Waals surface area (Å²) in [7, 11) is 0. The molecule has 3 nitrogen and oxygen atoms in total. The monoisotopic (exact) mass is 379 g/mol. The van der Waals surface area contributed by atoms with Crippen molar-refractivity contribution in [1.82, 2.24) is 4.90 Å². The molecule has 23 heavy (non-hydrogen) atoms. The average molecular weight is 380 g/mol. The summed E-state index contributed by atoms with van der Waals surface area (Å²) in [6.45, 7) is 5.36. The lowest BCUT2D eigenvalue weighted by molar-refractivity contribution is -0.137. The van der Waals surface area contributed by atoms with Crippen LogP contribution in [0, 0.1) is 5.92 Å². The Bertz CT molecular complexity index is 531. The molecule has 1 unspecified atom stereocenters. The van der Waals surface area contributed by atoms with Gasteiger partial charge in [-0.2, -0.15) is 0 Å². The summed E-state index contributed by atoms with van der Waals surface area (Å²) >= 11 is 3.50. The van der Waals surface area contributed by atoms with E-state index in [1.165, 1.54) is 5.56 Å². The lowest BCUT2D eigenvalue weighted by Gasteiger charge is -2.35. The molecule has 3 rings (SSSR count). The number of halogens is 1. The second-order valence-corrected chi connectivity index (χ2v) is 7.79. The van der Waals surface area contributed by atoms with Gasteiger partial charge >= 0.3 is 0 Å². The quantitative estimate of drug-likeness (QED) is 0.768. The fourth-order valence-corrected chi connectivity index (χ4v) is 4.34. The Morgan fingerprint density at radius 3 is 2.57 bits per heavy atom. The average Bonchev–Trinajstić information content (AvgIpc) is 3.25. The maximum atomic E-state index is 13.4. The maximum Gasteiger partial charge on any atom is 0.233 e. The van der Waals surface area contributed by atoms with Crippen molar-refractivity contribution in [1.29, 1.82) is 0 Å². The molecule has 1 saturated carbocycles. The number of rotatable bonds is 5. The van der Waals surface area contributed by atoms with Crippen molar-refractivity contribution in [3.63, 3.8) is 0 Å². The predicted molar refractivity (Wildman–Crippen MR) is 95.5 cm³/mol. The Labute approximate surface area is 147 Å². The van der Waals surface area contributed by atoms with Crippen LogP contribution in [-0.2, 0) is 14.9 Å². The first kappa shape index (κ1) is 17.0. The van der Waals surface area contributed by atoms with E-state index in [9.17, 15) is 4.79 Å². The molecule has 1 aliphatic carbocycles. The van der Waals surface area contributed by atoms with Gasteiger partial charge in [-0.05, 0) is 43.9 Å². The molecule has 2 fully saturated rings. The third kappa shape index (κ3) is 3.48. The van der Waals surface area contributed by atoms with Crippen LogP contribution >= 0.6 is 15.9 Å². The van der Waals surface area contributed by atoms with Gasteiger partial charge in [0.15, 0.2) is 0 Å². The van der Waals surface area contributed by atoms with Crippen LogP contribution in [0.15, 0.2) is 28.7 Å². The standard InChI is InChI=1S/C19H26BrNO2/c1-2-21(13-15-9-12-23-14-15)18(22)19(10-3-4-11-19)16-5-7-17(20)8-6-16/h5-8,15H,2-4,9-14H2,1H3. The zero-order valence-electron chi connectivity index (χ0n) is 13.9. The SMILES string of the molecule is CCN(CC1CCOC1)C(=O)C1(c2ccc(Br)cc2)CCCC1. The van der Waals surface area contributed by atoms with Crippen molar-refractivity contribution >= 4 is 21.8 Å². The Balaban J connectivity index is 1.83. The number of likely N-dealkylation sites (N-methyl/N-ethyl adjacent to an activating group) is 1. The predicted octanol–water partition coefficient (Wildman–Crippen LogP) is 4.15. The van der Waals surface area contributed by atoms with E-state index in [2.05, 4.69) is 52.0 Å². The molecule has 0 bridgehead atoms. The number of benzene rings is 1. The van der Waals surface area contributed by atoms with E-state index >= 15 is 0 Å². The summed E-state index contributed by atoms with van der Waals surface area (Å²) in [5.74, 6) is 0.828. The van der Waals surface area contributed by atoms with Crippen molar-refractivity contribution in [2.45, 2.75) is 44.4 Å². The minimum Gasteiger partial charge on any atom is -0.381 e. The number of hydrogen-bond donors (Lipinski definition) is 0. The largest absolute Gasteiger partial charge is 0.381 e. The molecule has 0 spiro atoms. The summed E-state index contributed by atoms with van der Waals surface area (Å²) in [5.41, 5.74) is 0.875. The zero-order chi connectivity index (χ0) is 16.3. The first-order valence-electron chi connectivity index (χ1n) is 8.79. The minimum absolute atomic E-state index is 0.309. The van der Waals surface area contributed by atoms with Crippen LogP contribution in [0.2, 0.25) is 0 Å². The van der Waals surface area contributed by atoms with Crippen LogP contribution in [0.5, 0.6) is 0 Å². The number of carbonyl (C=O) groups excluding carboxylic acids is 1. The highest BCUT2D eigenvalue weighted by Crippen LogP contribution is 2.43. The highest BCUT2D eigenvalue weighted by molar-refractivity contribution is 9.10. The summed E-state index contributed by atoms with van der Waals surface area (Å²) in [5, 5.41) is 0. The van der Waals surface area contributed by atoms with E-state index in [0.717, 1.165) is 62.9 Å². The molecule has 1 aliphatic heterocycles. The van der Waals surface area contributed by atoms with E-state index in [0.29, 0.717) is 11.8 Å². The second-order valence-electron chi connectivity index (χ2n) is 6.87. The minimum atomic E-state index is -0.309. The highest BCUT2D eigenvalue weighted by atomic mass is 79.9. The molecular formula is C19H26BrNO2. The molecule has 0 aromatic heterocycles. The van der Waals surface area contributed by atoms with Crippen molar-refractivity contribution in [3.05, 3.63) is 34.3 Å². The van der Waals surface area contributed by atoms with Gasteiger partial charge < -0.3 is 9.64 Å². The van der Waals surface area contributed by atoms with Crippen LogP contribution in [0.4, 0.5) is 0 Å². The van der Waals surface area contributed by atoms with Gasteiger partial charge in [0, 0.05) is 30.1 Å². The Kier molecular flexibility index (Phi) is 5.42. The summed E-state index contributed by atoms with van der Waals surface area (Å²) in [4.78, 5) is 15.5. The van der Waals surface area contributed by atoms with E-state index in [1.807, 2.05) is 0 Å². The van der Waals surface area contributed by atoms with Gasteiger partial charge in [0.1, 0.15) is 0 Å². The summed E-state index contributed by atoms with van der Waals surface area (Å²) in [6, 6.07) is 8.37. The zero-order valence-corrected chi connectivity index (χ0v) is 15.5. The fraction of sp³-hybridized carbons (Fsp3) is 0.632. The van der Waals surface area contributed by atoms with Crippen LogP contribution < -0.4 is 0 Å². The van der Waals surface area contributed by atoms with E-state index in [1.54, 1.807) is 0 Å².